The highest BCUT2D eigenvalue weighted by Crippen LogP contribution is 2.31. The van der Waals surface area contributed by atoms with E-state index in [0.717, 1.165) is 12.1 Å². The molecule has 29 heavy (non-hydrogen) atoms. The summed E-state index contributed by atoms with van der Waals surface area (Å²) in [6.07, 6.45) is 5.72. The second kappa shape index (κ2) is 7.50. The summed E-state index contributed by atoms with van der Waals surface area (Å²) in [4.78, 5) is 8.74. The maximum absolute atomic E-state index is 14.6. The molecule has 0 unspecified atom stereocenters. The zero-order chi connectivity index (χ0) is 20.5. The highest BCUT2D eigenvalue weighted by Gasteiger charge is 2.19. The number of aryl methyl sites for hydroxylation is 2. The van der Waals surface area contributed by atoms with E-state index < -0.39 is 11.6 Å². The van der Waals surface area contributed by atoms with E-state index in [1.807, 2.05) is 12.1 Å². The van der Waals surface area contributed by atoms with Gasteiger partial charge in [-0.15, -0.1) is 0 Å². The van der Waals surface area contributed by atoms with Crippen LogP contribution in [0.2, 0.25) is 0 Å². The fourth-order valence-corrected chi connectivity index (χ4v) is 3.40. The van der Waals surface area contributed by atoms with E-state index in [1.165, 1.54) is 36.6 Å². The van der Waals surface area contributed by atoms with E-state index in [4.69, 9.17) is 4.74 Å². The fraction of sp³-hybridized carbons (Fsp3) is 0.182. The smallest absolute Gasteiger partial charge is 0.201 e. The molecule has 1 N–H and O–H groups in total. The maximum atomic E-state index is 14.6. The lowest BCUT2D eigenvalue weighted by molar-refractivity contribution is 0.372. The zero-order valence-corrected chi connectivity index (χ0v) is 16.3. The van der Waals surface area contributed by atoms with Gasteiger partial charge in [0.25, 0.3) is 0 Å². The molecular formula is C22H20F2N4O. The summed E-state index contributed by atoms with van der Waals surface area (Å²) in [7, 11) is 1.30. The molecule has 2 heterocycles. The number of fused-ring (bicyclic) bond motifs is 1. The Bertz CT molecular complexity index is 1200. The lowest BCUT2D eigenvalue weighted by Gasteiger charge is -2.11. The second-order valence-electron chi connectivity index (χ2n) is 6.68. The summed E-state index contributed by atoms with van der Waals surface area (Å²) in [5.74, 6) is -1.63. The Morgan fingerprint density at radius 2 is 1.93 bits per heavy atom. The monoisotopic (exact) mass is 394 g/mol. The number of benzene rings is 2. The first kappa shape index (κ1) is 18.9. The Morgan fingerprint density at radius 1 is 1.10 bits per heavy atom. The molecule has 0 aliphatic heterocycles. The first-order valence-electron chi connectivity index (χ1n) is 9.24. The van der Waals surface area contributed by atoms with Crippen molar-refractivity contribution in [1.82, 2.24) is 14.4 Å². The molecule has 5 nitrogen and oxygen atoms in total. The summed E-state index contributed by atoms with van der Waals surface area (Å²) < 4.78 is 35.3. The van der Waals surface area contributed by atoms with Gasteiger partial charge in [-0.25, -0.2) is 14.4 Å². The van der Waals surface area contributed by atoms with Gasteiger partial charge < -0.3 is 10.1 Å². The van der Waals surface area contributed by atoms with Crippen LogP contribution >= 0.6 is 0 Å². The van der Waals surface area contributed by atoms with Crippen LogP contribution in [0, 0.1) is 18.6 Å². The van der Waals surface area contributed by atoms with Gasteiger partial charge >= 0.3 is 0 Å². The molecule has 7 heteroatoms. The Hall–Kier alpha value is -3.48. The van der Waals surface area contributed by atoms with Crippen LogP contribution in [-0.2, 0) is 6.42 Å². The number of rotatable bonds is 5. The van der Waals surface area contributed by atoms with Crippen LogP contribution in [0.5, 0.6) is 5.75 Å². The quantitative estimate of drug-likeness (QED) is 0.499. The van der Waals surface area contributed by atoms with Crippen molar-refractivity contribution in [1.29, 1.82) is 0 Å². The molecule has 0 amide bonds. The van der Waals surface area contributed by atoms with Gasteiger partial charge in [0, 0.05) is 23.6 Å². The molecular weight excluding hydrogens is 374 g/mol. The van der Waals surface area contributed by atoms with Crippen molar-refractivity contribution in [2.75, 3.05) is 12.4 Å². The minimum absolute atomic E-state index is 0.0936. The lowest BCUT2D eigenvalue weighted by atomic mass is 10.1. The van der Waals surface area contributed by atoms with Crippen LogP contribution < -0.4 is 10.1 Å². The van der Waals surface area contributed by atoms with Gasteiger partial charge in [0.1, 0.15) is 0 Å². The van der Waals surface area contributed by atoms with Crippen LogP contribution in [0.4, 0.5) is 20.3 Å². The Balaban J connectivity index is 1.76. The number of methoxy groups -OCH3 is 1. The van der Waals surface area contributed by atoms with Crippen molar-refractivity contribution in [3.63, 3.8) is 0 Å². The number of imidazole rings is 1. The molecule has 2 aromatic carbocycles. The van der Waals surface area contributed by atoms with Crippen LogP contribution in [-0.4, -0.2) is 21.5 Å². The SMILES string of the molecule is CCc1ccc(Nc2nccn3c(-c4ccc(OC)c(F)c4F)cnc23)cc1C. The van der Waals surface area contributed by atoms with E-state index in [9.17, 15) is 8.78 Å². The van der Waals surface area contributed by atoms with Crippen molar-refractivity contribution in [3.05, 3.63) is 71.7 Å². The third-order valence-corrected chi connectivity index (χ3v) is 4.96. The minimum Gasteiger partial charge on any atom is -0.494 e. The number of aromatic nitrogens is 3. The van der Waals surface area contributed by atoms with Crippen LogP contribution in [0.1, 0.15) is 18.1 Å². The molecule has 0 aliphatic carbocycles. The summed E-state index contributed by atoms with van der Waals surface area (Å²) in [6, 6.07) is 8.97. The van der Waals surface area contributed by atoms with Gasteiger partial charge in [-0.3, -0.25) is 4.40 Å². The number of nitrogens with zero attached hydrogens (tertiary/aromatic N) is 3. The predicted molar refractivity (Wildman–Crippen MR) is 109 cm³/mol. The van der Waals surface area contributed by atoms with Crippen molar-refractivity contribution in [2.45, 2.75) is 20.3 Å². The lowest BCUT2D eigenvalue weighted by Crippen LogP contribution is -2.00. The van der Waals surface area contributed by atoms with Gasteiger partial charge in [0.05, 0.1) is 19.0 Å². The number of hydrogen-bond acceptors (Lipinski definition) is 4. The topological polar surface area (TPSA) is 51.5 Å². The fourth-order valence-electron chi connectivity index (χ4n) is 3.40. The summed E-state index contributed by atoms with van der Waals surface area (Å²) in [5, 5.41) is 3.27. The molecule has 4 aromatic rings. The highest BCUT2D eigenvalue weighted by atomic mass is 19.2. The molecule has 0 atom stereocenters. The Kier molecular flexibility index (Phi) is 4.88. The maximum Gasteiger partial charge on any atom is 0.201 e. The van der Waals surface area contributed by atoms with Crippen LogP contribution in [0.15, 0.2) is 48.9 Å². The molecule has 0 aliphatic rings. The van der Waals surface area contributed by atoms with E-state index in [1.54, 1.807) is 16.8 Å². The molecule has 0 radical (unpaired) electrons. The minimum atomic E-state index is -1.03. The van der Waals surface area contributed by atoms with Gasteiger partial charge in [-0.2, -0.15) is 4.39 Å². The number of nitrogens with one attached hydrogen (secondary N) is 1. The average molecular weight is 394 g/mol. The van der Waals surface area contributed by atoms with Crippen molar-refractivity contribution in [2.24, 2.45) is 0 Å². The molecule has 0 bridgehead atoms. The Morgan fingerprint density at radius 3 is 2.66 bits per heavy atom. The van der Waals surface area contributed by atoms with Crippen molar-refractivity contribution < 1.29 is 13.5 Å². The third-order valence-electron chi connectivity index (χ3n) is 4.96. The second-order valence-corrected chi connectivity index (χ2v) is 6.68. The molecule has 4 rings (SSSR count). The van der Waals surface area contributed by atoms with Gasteiger partial charge in [0.2, 0.25) is 5.82 Å². The van der Waals surface area contributed by atoms with Crippen molar-refractivity contribution in [3.8, 4) is 17.0 Å². The number of anilines is 2. The molecule has 148 valence electrons. The van der Waals surface area contributed by atoms with Crippen molar-refractivity contribution >= 4 is 17.2 Å². The van der Waals surface area contributed by atoms with Crippen LogP contribution in [0.25, 0.3) is 16.9 Å². The molecule has 0 fully saturated rings. The van der Waals surface area contributed by atoms with E-state index in [2.05, 4.69) is 35.2 Å². The number of ether oxygens (including phenoxy) is 1. The third kappa shape index (κ3) is 3.29. The summed E-state index contributed by atoms with van der Waals surface area (Å²) in [6.45, 7) is 4.18. The Labute approximate surface area is 167 Å². The highest BCUT2D eigenvalue weighted by molar-refractivity contribution is 5.74. The largest absolute Gasteiger partial charge is 0.494 e. The normalized spacial score (nSPS) is 11.1. The summed E-state index contributed by atoms with van der Waals surface area (Å²) in [5.41, 5.74) is 4.37. The standard InChI is InChI=1S/C22H20F2N4O/c1-4-14-5-6-15(11-13(14)2)27-21-22-26-12-17(28(22)10-9-25-21)16-7-8-18(29-3)20(24)19(16)23/h5-12H,4H2,1-3H3,(H,25,27). The molecule has 2 aromatic heterocycles. The molecule has 0 saturated carbocycles. The van der Waals surface area contributed by atoms with E-state index >= 15 is 0 Å². The molecule has 0 spiro atoms. The first-order chi connectivity index (χ1) is 14.0. The van der Waals surface area contributed by atoms with Gasteiger partial charge in [-0.1, -0.05) is 13.0 Å². The van der Waals surface area contributed by atoms with Gasteiger partial charge in [0.15, 0.2) is 23.0 Å². The van der Waals surface area contributed by atoms with Gasteiger partial charge in [-0.05, 0) is 48.7 Å². The average Bonchev–Trinajstić information content (AvgIpc) is 3.15. The predicted octanol–water partition coefficient (Wildman–Crippen LogP) is 5.30. The van der Waals surface area contributed by atoms with Crippen LogP contribution in [0.3, 0.4) is 0 Å². The van der Waals surface area contributed by atoms with E-state index in [-0.39, 0.29) is 11.3 Å². The van der Waals surface area contributed by atoms with E-state index in [0.29, 0.717) is 17.2 Å². The molecule has 0 saturated heterocycles. The number of hydrogen-bond donors (Lipinski definition) is 1. The first-order valence-corrected chi connectivity index (χ1v) is 9.24. The number of halogens is 2. The summed E-state index contributed by atoms with van der Waals surface area (Å²) >= 11 is 0. The zero-order valence-electron chi connectivity index (χ0n) is 16.3.